The Morgan fingerprint density at radius 2 is 1.10 bits per heavy atom. The molecule has 0 fully saturated rings. The molecule has 2 aliphatic rings. The number of nitrogens with zero attached hydrogens (tertiary/aromatic N) is 1. The van der Waals surface area contributed by atoms with E-state index in [4.69, 9.17) is 0 Å². The third-order valence-corrected chi connectivity index (χ3v) is 14.9. The van der Waals surface area contributed by atoms with Gasteiger partial charge in [0, 0.05) is 0 Å². The summed E-state index contributed by atoms with van der Waals surface area (Å²) in [7, 11) is 0. The Kier molecular flexibility index (Phi) is 5.51. The van der Waals surface area contributed by atoms with Gasteiger partial charge in [0.2, 0.25) is 0 Å². The molecule has 1 aliphatic heterocycles. The zero-order valence-electron chi connectivity index (χ0n) is 25.6. The molecule has 9 aromatic rings. The van der Waals surface area contributed by atoms with E-state index in [0.29, 0.717) is 0 Å². The van der Waals surface area contributed by atoms with E-state index in [2.05, 4.69) is 144 Å². The van der Waals surface area contributed by atoms with Gasteiger partial charge >= 0.3 is 280 Å². The SMILES string of the molecule is O=c1c2ccccc2[te]c2cc3c(cc12)-c1ccccc1C31c2ccccc2N(c2cccc3c2sc2ccccc23)c2ccccc21. The van der Waals surface area contributed by atoms with Gasteiger partial charge < -0.3 is 0 Å². The van der Waals surface area contributed by atoms with Crippen LogP contribution in [0.15, 0.2) is 156 Å². The number of para-hydroxylation sites is 2. The molecule has 1 aliphatic carbocycles. The van der Waals surface area contributed by atoms with E-state index in [1.54, 1.807) is 0 Å². The Labute approximate surface area is 290 Å². The van der Waals surface area contributed by atoms with Gasteiger partial charge in [0.15, 0.2) is 0 Å². The van der Waals surface area contributed by atoms with E-state index in [-0.39, 0.29) is 5.43 Å². The van der Waals surface area contributed by atoms with Crippen molar-refractivity contribution in [2.24, 2.45) is 0 Å². The van der Waals surface area contributed by atoms with Crippen LogP contribution in [0, 0.1) is 0 Å². The fourth-order valence-corrected chi connectivity index (χ4v) is 12.9. The summed E-state index contributed by atoms with van der Waals surface area (Å²) in [6.07, 6.45) is 0. The van der Waals surface area contributed by atoms with Gasteiger partial charge in [-0.25, -0.2) is 0 Å². The van der Waals surface area contributed by atoms with E-state index >= 15 is 0 Å². The molecular weight excluding hydrogens is 718 g/mol. The summed E-state index contributed by atoms with van der Waals surface area (Å²) >= 11 is 1.12. The van der Waals surface area contributed by atoms with Gasteiger partial charge in [-0.2, -0.15) is 0 Å². The molecule has 7 aromatic carbocycles. The molecule has 224 valence electrons. The Hall–Kier alpha value is -4.98. The minimum absolute atomic E-state index is 0.158. The van der Waals surface area contributed by atoms with Gasteiger partial charge in [-0.05, 0) is 0 Å². The van der Waals surface area contributed by atoms with Gasteiger partial charge in [0.05, 0.1) is 0 Å². The van der Waals surface area contributed by atoms with Crippen LogP contribution in [0.3, 0.4) is 0 Å². The van der Waals surface area contributed by atoms with Crippen LogP contribution in [0.5, 0.6) is 0 Å². The molecule has 2 nitrogen and oxygen atoms in total. The third-order valence-electron chi connectivity index (χ3n) is 10.5. The number of rotatable bonds is 1. The van der Waals surface area contributed by atoms with Crippen molar-refractivity contribution in [1.29, 1.82) is 0 Å². The van der Waals surface area contributed by atoms with Crippen molar-refractivity contribution in [2.45, 2.75) is 5.41 Å². The van der Waals surface area contributed by atoms with Gasteiger partial charge in [0.25, 0.3) is 0 Å². The van der Waals surface area contributed by atoms with Crippen molar-refractivity contribution in [3.05, 3.63) is 184 Å². The number of hydrogen-bond donors (Lipinski definition) is 0. The molecule has 0 atom stereocenters. The molecule has 0 unspecified atom stereocenters. The van der Waals surface area contributed by atoms with Crippen LogP contribution >= 0.6 is 11.3 Å². The molecule has 0 bridgehead atoms. The van der Waals surface area contributed by atoms with E-state index in [1.807, 2.05) is 23.5 Å². The molecule has 0 radical (unpaired) electrons. The Morgan fingerprint density at radius 1 is 0.479 bits per heavy atom. The summed E-state index contributed by atoms with van der Waals surface area (Å²) in [6, 6.07) is 55.3. The second kappa shape index (κ2) is 9.78. The Bertz CT molecular complexity index is 2850. The number of benzene rings is 7. The third kappa shape index (κ3) is 3.35. The maximum absolute atomic E-state index is 14.0. The summed E-state index contributed by atoms with van der Waals surface area (Å²) in [5, 5.41) is 4.36. The van der Waals surface area contributed by atoms with Crippen LogP contribution < -0.4 is 10.3 Å². The van der Waals surface area contributed by atoms with Crippen LogP contribution in [0.2, 0.25) is 0 Å². The zero-order valence-corrected chi connectivity index (χ0v) is 28.8. The van der Waals surface area contributed by atoms with E-state index in [9.17, 15) is 4.79 Å². The summed E-state index contributed by atoms with van der Waals surface area (Å²) in [6.45, 7) is 0. The fraction of sp³-hybridized carbons (Fsp3) is 0.0227. The van der Waals surface area contributed by atoms with Crippen molar-refractivity contribution in [3.8, 4) is 11.1 Å². The predicted molar refractivity (Wildman–Crippen MR) is 203 cm³/mol. The van der Waals surface area contributed by atoms with Gasteiger partial charge in [-0.1, -0.05) is 12.1 Å². The van der Waals surface area contributed by atoms with Crippen molar-refractivity contribution in [1.82, 2.24) is 0 Å². The van der Waals surface area contributed by atoms with Gasteiger partial charge in [-0.15, -0.1) is 0 Å². The molecular formula is C44H25NOSTe. The number of hydrogen-bond acceptors (Lipinski definition) is 3. The molecule has 0 saturated carbocycles. The van der Waals surface area contributed by atoms with Crippen LogP contribution in [0.25, 0.3) is 48.9 Å². The van der Waals surface area contributed by atoms with Gasteiger partial charge in [-0.3, -0.25) is 0 Å². The first kappa shape index (κ1) is 27.0. The zero-order chi connectivity index (χ0) is 31.6. The van der Waals surface area contributed by atoms with E-state index < -0.39 is 25.8 Å². The van der Waals surface area contributed by atoms with Crippen molar-refractivity contribution in [3.63, 3.8) is 0 Å². The molecule has 2 aromatic heterocycles. The van der Waals surface area contributed by atoms with Gasteiger partial charge in [0.1, 0.15) is 0 Å². The summed E-state index contributed by atoms with van der Waals surface area (Å²) < 4.78 is 5.07. The first-order valence-electron chi connectivity index (χ1n) is 16.2. The molecule has 0 saturated heterocycles. The first-order valence-corrected chi connectivity index (χ1v) is 19.4. The standard InChI is InChI=1S/C44H25NOSTe/c46-42-29-14-3-10-23-40(29)48-41-25-35-30(24-31(41)42)26-12-1-4-16-32(26)44(35)33-17-5-7-19-36(33)45(37-20-8-6-18-34(37)44)38-21-11-15-28-27-13-2-9-22-39(27)47-43(28)38/h1-25H. The molecule has 4 heteroatoms. The topological polar surface area (TPSA) is 20.3 Å². The van der Waals surface area contributed by atoms with E-state index in [1.165, 1.54) is 77.4 Å². The minimum atomic E-state index is -0.750. The summed E-state index contributed by atoms with van der Waals surface area (Å²) in [5.41, 5.74) is 10.7. The van der Waals surface area contributed by atoms with Crippen LogP contribution in [-0.4, -0.2) is 20.4 Å². The summed E-state index contributed by atoms with van der Waals surface area (Å²) in [4.78, 5) is 16.5. The average molecular weight is 743 g/mol. The normalized spacial score (nSPS) is 14.0. The monoisotopic (exact) mass is 745 g/mol. The molecule has 11 rings (SSSR count). The number of thiophene rings is 1. The quantitative estimate of drug-likeness (QED) is 0.123. The Morgan fingerprint density at radius 3 is 1.92 bits per heavy atom. The van der Waals surface area contributed by atoms with E-state index in [0.717, 1.165) is 10.8 Å². The number of anilines is 3. The second-order valence-electron chi connectivity index (χ2n) is 12.7. The van der Waals surface area contributed by atoms with Crippen molar-refractivity contribution < 1.29 is 0 Å². The molecule has 0 amide bonds. The predicted octanol–water partition coefficient (Wildman–Crippen LogP) is 10.9. The van der Waals surface area contributed by atoms with Crippen molar-refractivity contribution in [2.75, 3.05) is 4.90 Å². The fourth-order valence-electron chi connectivity index (χ4n) is 8.57. The molecule has 3 heterocycles. The van der Waals surface area contributed by atoms with Crippen LogP contribution in [0.1, 0.15) is 22.3 Å². The van der Waals surface area contributed by atoms with Crippen molar-refractivity contribution >= 4 is 86.6 Å². The number of fused-ring (bicyclic) bond motifs is 14. The second-order valence-corrected chi connectivity index (χ2v) is 16.9. The Balaban J connectivity index is 1.28. The average Bonchev–Trinajstić information content (AvgIpc) is 3.66. The maximum atomic E-state index is 14.0. The van der Waals surface area contributed by atoms with Crippen LogP contribution in [0.4, 0.5) is 17.1 Å². The molecule has 1 spiro atoms. The summed E-state index contributed by atoms with van der Waals surface area (Å²) in [5.74, 6) is 0. The van der Waals surface area contributed by atoms with Crippen LogP contribution in [-0.2, 0) is 5.41 Å². The molecule has 0 N–H and O–H groups in total. The molecule has 48 heavy (non-hydrogen) atoms. The first-order chi connectivity index (χ1) is 23.7.